The number of amides is 1. The molecule has 2 aromatic rings. The monoisotopic (exact) mass is 229 g/mol. The van der Waals surface area contributed by atoms with E-state index < -0.39 is 0 Å². The van der Waals surface area contributed by atoms with Crippen LogP contribution in [-0.2, 0) is 7.05 Å². The van der Waals surface area contributed by atoms with Crippen molar-refractivity contribution < 1.29 is 4.79 Å². The minimum atomic E-state index is -0.169. The molecule has 1 aromatic heterocycles. The molecule has 0 aliphatic heterocycles. The first-order valence-corrected chi connectivity index (χ1v) is 5.46. The van der Waals surface area contributed by atoms with Gasteiger partial charge in [-0.15, -0.1) is 0 Å². The van der Waals surface area contributed by atoms with E-state index in [9.17, 15) is 4.79 Å². The van der Waals surface area contributed by atoms with Crippen LogP contribution in [0.5, 0.6) is 0 Å². The maximum Gasteiger partial charge on any atom is 0.276 e. The van der Waals surface area contributed by atoms with Gasteiger partial charge in [-0.1, -0.05) is 18.2 Å². The number of aromatic nitrogens is 2. The molecule has 0 aliphatic rings. The molecule has 1 N–H and O–H groups in total. The van der Waals surface area contributed by atoms with E-state index in [1.165, 1.54) is 0 Å². The first-order valence-electron chi connectivity index (χ1n) is 5.46. The van der Waals surface area contributed by atoms with E-state index in [2.05, 4.69) is 10.3 Å². The molecule has 2 rings (SSSR count). The quantitative estimate of drug-likeness (QED) is 0.858. The number of carbonyl (C=O) groups is 1. The molecule has 1 amide bonds. The van der Waals surface area contributed by atoms with Crippen LogP contribution in [0.25, 0.3) is 0 Å². The summed E-state index contributed by atoms with van der Waals surface area (Å²) in [5.74, 6) is 0.665. The van der Waals surface area contributed by atoms with Crippen molar-refractivity contribution >= 4 is 11.6 Å². The van der Waals surface area contributed by atoms with Gasteiger partial charge in [-0.3, -0.25) is 4.79 Å². The molecule has 0 radical (unpaired) electrons. The second kappa shape index (κ2) is 4.41. The van der Waals surface area contributed by atoms with Crippen LogP contribution in [0.2, 0.25) is 0 Å². The molecule has 4 heteroatoms. The van der Waals surface area contributed by atoms with Gasteiger partial charge in [0.25, 0.3) is 5.91 Å². The standard InChI is InChI=1S/C13H15N3O/c1-9-12(14-10(2)16(9)3)13(17)15-11-7-5-4-6-8-11/h4-8H,1-3H3,(H,15,17). The number of para-hydroxylation sites is 1. The van der Waals surface area contributed by atoms with Gasteiger partial charge in [-0.25, -0.2) is 4.98 Å². The van der Waals surface area contributed by atoms with Gasteiger partial charge in [0, 0.05) is 18.4 Å². The van der Waals surface area contributed by atoms with E-state index in [4.69, 9.17) is 0 Å². The van der Waals surface area contributed by atoms with Crippen molar-refractivity contribution in [1.29, 1.82) is 0 Å². The summed E-state index contributed by atoms with van der Waals surface area (Å²) in [7, 11) is 1.90. The van der Waals surface area contributed by atoms with Gasteiger partial charge in [0.2, 0.25) is 0 Å². The van der Waals surface area contributed by atoms with Crippen LogP contribution >= 0.6 is 0 Å². The van der Waals surface area contributed by atoms with Gasteiger partial charge in [0.15, 0.2) is 0 Å². The lowest BCUT2D eigenvalue weighted by atomic mass is 10.3. The second-order valence-electron chi connectivity index (χ2n) is 3.97. The molecule has 0 spiro atoms. The highest BCUT2D eigenvalue weighted by molar-refractivity contribution is 6.03. The Morgan fingerprint density at radius 2 is 1.88 bits per heavy atom. The van der Waals surface area contributed by atoms with Crippen LogP contribution in [0.4, 0.5) is 5.69 Å². The zero-order chi connectivity index (χ0) is 12.4. The van der Waals surface area contributed by atoms with Crippen molar-refractivity contribution in [3.63, 3.8) is 0 Å². The molecule has 1 heterocycles. The number of imidazole rings is 1. The van der Waals surface area contributed by atoms with Crippen molar-refractivity contribution in [2.75, 3.05) is 5.32 Å². The van der Waals surface area contributed by atoms with E-state index in [0.29, 0.717) is 5.69 Å². The van der Waals surface area contributed by atoms with Gasteiger partial charge in [0.1, 0.15) is 11.5 Å². The Morgan fingerprint density at radius 1 is 1.24 bits per heavy atom. The number of hydrogen-bond donors (Lipinski definition) is 1. The highest BCUT2D eigenvalue weighted by Crippen LogP contribution is 2.12. The molecule has 17 heavy (non-hydrogen) atoms. The molecular formula is C13H15N3O. The van der Waals surface area contributed by atoms with Crippen molar-refractivity contribution in [3.05, 3.63) is 47.5 Å². The maximum atomic E-state index is 12.0. The molecule has 0 fully saturated rings. The third-order valence-electron chi connectivity index (χ3n) is 2.85. The van der Waals surface area contributed by atoms with Crippen LogP contribution in [0.3, 0.4) is 0 Å². The van der Waals surface area contributed by atoms with Crippen molar-refractivity contribution in [3.8, 4) is 0 Å². The lowest BCUT2D eigenvalue weighted by Gasteiger charge is -2.03. The molecule has 0 unspecified atom stereocenters. The fourth-order valence-electron chi connectivity index (χ4n) is 1.65. The summed E-state index contributed by atoms with van der Waals surface area (Å²) in [5.41, 5.74) is 2.13. The zero-order valence-corrected chi connectivity index (χ0v) is 10.2. The largest absolute Gasteiger partial charge is 0.335 e. The second-order valence-corrected chi connectivity index (χ2v) is 3.97. The van der Waals surface area contributed by atoms with Gasteiger partial charge in [0.05, 0.1) is 0 Å². The predicted octanol–water partition coefficient (Wildman–Crippen LogP) is 2.29. The molecule has 4 nitrogen and oxygen atoms in total. The highest BCUT2D eigenvalue weighted by Gasteiger charge is 2.15. The molecule has 0 aliphatic carbocycles. The van der Waals surface area contributed by atoms with Crippen LogP contribution in [0.15, 0.2) is 30.3 Å². The number of aryl methyl sites for hydroxylation is 1. The van der Waals surface area contributed by atoms with Gasteiger partial charge in [-0.05, 0) is 26.0 Å². The average Bonchev–Trinajstić information content (AvgIpc) is 2.58. The fourth-order valence-corrected chi connectivity index (χ4v) is 1.65. The molecule has 0 saturated carbocycles. The Balaban J connectivity index is 2.24. The van der Waals surface area contributed by atoms with E-state index in [-0.39, 0.29) is 5.91 Å². The summed E-state index contributed by atoms with van der Waals surface area (Å²) < 4.78 is 1.90. The normalized spacial score (nSPS) is 10.3. The van der Waals surface area contributed by atoms with E-state index in [1.807, 2.05) is 55.8 Å². The van der Waals surface area contributed by atoms with Crippen LogP contribution in [0, 0.1) is 13.8 Å². The minimum Gasteiger partial charge on any atom is -0.335 e. The van der Waals surface area contributed by atoms with Gasteiger partial charge in [-0.2, -0.15) is 0 Å². The smallest absolute Gasteiger partial charge is 0.276 e. The Kier molecular flexibility index (Phi) is 2.95. The number of nitrogens with one attached hydrogen (secondary N) is 1. The summed E-state index contributed by atoms with van der Waals surface area (Å²) in [5, 5.41) is 2.82. The Bertz CT molecular complexity index is 543. The third kappa shape index (κ3) is 2.20. The van der Waals surface area contributed by atoms with E-state index in [1.54, 1.807) is 0 Å². The van der Waals surface area contributed by atoms with Gasteiger partial charge >= 0.3 is 0 Å². The average molecular weight is 229 g/mol. The molecule has 1 aromatic carbocycles. The Hall–Kier alpha value is -2.10. The first-order chi connectivity index (χ1) is 8.09. The van der Waals surface area contributed by atoms with Crippen molar-refractivity contribution in [1.82, 2.24) is 9.55 Å². The van der Waals surface area contributed by atoms with Gasteiger partial charge < -0.3 is 9.88 Å². The highest BCUT2D eigenvalue weighted by atomic mass is 16.1. The lowest BCUT2D eigenvalue weighted by Crippen LogP contribution is -2.13. The molecule has 0 bridgehead atoms. The summed E-state index contributed by atoms with van der Waals surface area (Å²) >= 11 is 0. The molecular weight excluding hydrogens is 214 g/mol. The Morgan fingerprint density at radius 3 is 2.41 bits per heavy atom. The molecule has 0 atom stereocenters. The summed E-state index contributed by atoms with van der Waals surface area (Å²) in [4.78, 5) is 16.3. The number of rotatable bonds is 2. The summed E-state index contributed by atoms with van der Waals surface area (Å²) in [6.07, 6.45) is 0. The third-order valence-corrected chi connectivity index (χ3v) is 2.85. The van der Waals surface area contributed by atoms with Crippen molar-refractivity contribution in [2.24, 2.45) is 7.05 Å². The maximum absolute atomic E-state index is 12.0. The fraction of sp³-hybridized carbons (Fsp3) is 0.231. The number of nitrogens with zero attached hydrogens (tertiary/aromatic N) is 2. The van der Waals surface area contributed by atoms with E-state index >= 15 is 0 Å². The first kappa shape index (κ1) is 11.4. The van der Waals surface area contributed by atoms with Crippen LogP contribution in [0.1, 0.15) is 22.0 Å². The van der Waals surface area contributed by atoms with Crippen LogP contribution in [-0.4, -0.2) is 15.5 Å². The van der Waals surface area contributed by atoms with Crippen molar-refractivity contribution in [2.45, 2.75) is 13.8 Å². The zero-order valence-electron chi connectivity index (χ0n) is 10.2. The molecule has 0 saturated heterocycles. The summed E-state index contributed by atoms with van der Waals surface area (Å²) in [6.45, 7) is 3.77. The predicted molar refractivity (Wildman–Crippen MR) is 67.1 cm³/mol. The number of benzene rings is 1. The van der Waals surface area contributed by atoms with Crippen LogP contribution < -0.4 is 5.32 Å². The number of hydrogen-bond acceptors (Lipinski definition) is 2. The lowest BCUT2D eigenvalue weighted by molar-refractivity contribution is 0.102. The SMILES string of the molecule is Cc1nc(C(=O)Nc2ccccc2)c(C)n1C. The topological polar surface area (TPSA) is 46.9 Å². The number of carbonyl (C=O) groups excluding carboxylic acids is 1. The minimum absolute atomic E-state index is 0.169. The van der Waals surface area contributed by atoms with E-state index in [0.717, 1.165) is 17.2 Å². The number of anilines is 1. The summed E-state index contributed by atoms with van der Waals surface area (Å²) in [6, 6.07) is 9.37. The Labute approximate surface area is 100 Å². The molecule has 88 valence electrons.